The van der Waals surface area contributed by atoms with E-state index in [1.165, 1.54) is 6.07 Å². The van der Waals surface area contributed by atoms with Gasteiger partial charge in [-0.3, -0.25) is 10.1 Å². The molecule has 0 aliphatic rings. The lowest BCUT2D eigenvalue weighted by Gasteiger charge is -2.11. The normalized spacial score (nSPS) is 10.1. The molecule has 5 heteroatoms. The van der Waals surface area contributed by atoms with Crippen LogP contribution < -0.4 is 10.1 Å². The number of amides is 1. The number of rotatable bonds is 4. The lowest BCUT2D eigenvalue weighted by atomic mass is 10.0. The molecule has 0 bridgehead atoms. The molecule has 0 atom stereocenters. The lowest BCUT2D eigenvalue weighted by molar-refractivity contribution is 0.103. The summed E-state index contributed by atoms with van der Waals surface area (Å²) >= 11 is 6.02. The van der Waals surface area contributed by atoms with Crippen LogP contribution in [-0.4, -0.2) is 11.9 Å². The van der Waals surface area contributed by atoms with Crippen molar-refractivity contribution in [2.75, 3.05) is 5.32 Å². The molecule has 0 saturated carbocycles. The van der Waals surface area contributed by atoms with Gasteiger partial charge in [0.15, 0.2) is 5.78 Å². The van der Waals surface area contributed by atoms with E-state index >= 15 is 0 Å². The number of benzene rings is 3. The van der Waals surface area contributed by atoms with E-state index in [9.17, 15) is 9.59 Å². The highest BCUT2D eigenvalue weighted by Gasteiger charge is 2.16. The van der Waals surface area contributed by atoms with Crippen LogP contribution >= 0.6 is 11.6 Å². The zero-order chi connectivity index (χ0) is 17.6. The molecule has 25 heavy (non-hydrogen) atoms. The van der Waals surface area contributed by atoms with Gasteiger partial charge in [0, 0.05) is 16.1 Å². The van der Waals surface area contributed by atoms with Gasteiger partial charge in [0.1, 0.15) is 5.75 Å². The van der Waals surface area contributed by atoms with Gasteiger partial charge in [0.2, 0.25) is 0 Å². The zero-order valence-electron chi connectivity index (χ0n) is 13.1. The summed E-state index contributed by atoms with van der Waals surface area (Å²) in [6.07, 6.45) is -0.685. The molecule has 1 N–H and O–H groups in total. The Labute approximate surface area is 150 Å². The fourth-order valence-electron chi connectivity index (χ4n) is 2.29. The van der Waals surface area contributed by atoms with E-state index in [-0.39, 0.29) is 5.78 Å². The molecule has 0 saturated heterocycles. The second-order valence-electron chi connectivity index (χ2n) is 5.21. The van der Waals surface area contributed by atoms with Crippen molar-refractivity contribution < 1.29 is 14.3 Å². The Balaban J connectivity index is 1.84. The van der Waals surface area contributed by atoms with Crippen molar-refractivity contribution in [3.05, 3.63) is 95.0 Å². The number of ether oxygens (including phenoxy) is 1. The summed E-state index contributed by atoms with van der Waals surface area (Å²) in [4.78, 5) is 24.8. The van der Waals surface area contributed by atoms with Crippen LogP contribution in [0.3, 0.4) is 0 Å². The Kier molecular flexibility index (Phi) is 5.11. The van der Waals surface area contributed by atoms with Crippen LogP contribution in [-0.2, 0) is 0 Å². The number of hydrogen-bond acceptors (Lipinski definition) is 3. The lowest BCUT2D eigenvalue weighted by Crippen LogP contribution is -2.19. The second kappa shape index (κ2) is 7.64. The monoisotopic (exact) mass is 351 g/mol. The summed E-state index contributed by atoms with van der Waals surface area (Å²) in [5, 5.41) is 3.00. The predicted molar refractivity (Wildman–Crippen MR) is 97.4 cm³/mol. The summed E-state index contributed by atoms with van der Waals surface area (Å²) in [5.74, 6) is 0.169. The SMILES string of the molecule is O=C(Nc1ccc(Cl)cc1C(=O)c1ccccc1)Oc1ccccc1. The molecule has 124 valence electrons. The molecule has 0 aliphatic heterocycles. The standard InChI is InChI=1S/C20H14ClNO3/c21-15-11-12-18(22-20(24)25-16-9-5-2-6-10-16)17(13-15)19(23)14-7-3-1-4-8-14/h1-13H,(H,22,24). The summed E-state index contributed by atoms with van der Waals surface area (Å²) in [7, 11) is 0. The van der Waals surface area contributed by atoms with Gasteiger partial charge < -0.3 is 4.74 Å². The Hall–Kier alpha value is -3.11. The van der Waals surface area contributed by atoms with Gasteiger partial charge in [-0.1, -0.05) is 60.1 Å². The third-order valence-corrected chi connectivity index (χ3v) is 3.69. The average molecular weight is 352 g/mol. The first-order valence-electron chi connectivity index (χ1n) is 7.56. The van der Waals surface area contributed by atoms with E-state index in [2.05, 4.69) is 5.32 Å². The number of hydrogen-bond donors (Lipinski definition) is 1. The third-order valence-electron chi connectivity index (χ3n) is 3.45. The molecular weight excluding hydrogens is 338 g/mol. The van der Waals surface area contributed by atoms with Gasteiger partial charge >= 0.3 is 6.09 Å². The van der Waals surface area contributed by atoms with Crippen LogP contribution in [0, 0.1) is 0 Å². The summed E-state index contributed by atoms with van der Waals surface area (Å²) in [6.45, 7) is 0. The topological polar surface area (TPSA) is 55.4 Å². The molecule has 0 spiro atoms. The van der Waals surface area contributed by atoms with Gasteiger partial charge in [-0.05, 0) is 30.3 Å². The maximum atomic E-state index is 12.7. The van der Waals surface area contributed by atoms with Crippen molar-refractivity contribution in [2.45, 2.75) is 0 Å². The largest absolute Gasteiger partial charge is 0.417 e. The van der Waals surface area contributed by atoms with E-state index in [0.717, 1.165) is 0 Å². The number of para-hydroxylation sites is 1. The van der Waals surface area contributed by atoms with E-state index < -0.39 is 6.09 Å². The number of halogens is 1. The fraction of sp³-hybridized carbons (Fsp3) is 0. The molecule has 4 nitrogen and oxygen atoms in total. The van der Waals surface area contributed by atoms with E-state index in [1.54, 1.807) is 60.7 Å². The first kappa shape index (κ1) is 16.7. The van der Waals surface area contributed by atoms with Crippen LogP contribution in [0.5, 0.6) is 5.75 Å². The summed E-state index contributed by atoms with van der Waals surface area (Å²) < 4.78 is 5.19. The van der Waals surface area contributed by atoms with Gasteiger partial charge in [0.05, 0.1) is 5.69 Å². The molecule has 1 amide bonds. The highest BCUT2D eigenvalue weighted by Crippen LogP contribution is 2.24. The number of ketones is 1. The third kappa shape index (κ3) is 4.25. The highest BCUT2D eigenvalue weighted by molar-refractivity contribution is 6.31. The van der Waals surface area contributed by atoms with Crippen molar-refractivity contribution in [3.8, 4) is 5.75 Å². The van der Waals surface area contributed by atoms with Crippen LogP contribution in [0.25, 0.3) is 0 Å². The highest BCUT2D eigenvalue weighted by atomic mass is 35.5. The van der Waals surface area contributed by atoms with E-state index in [1.807, 2.05) is 12.1 Å². The molecular formula is C20H14ClNO3. The zero-order valence-corrected chi connectivity index (χ0v) is 13.9. The van der Waals surface area contributed by atoms with Crippen LogP contribution in [0.1, 0.15) is 15.9 Å². The second-order valence-corrected chi connectivity index (χ2v) is 5.65. The maximum absolute atomic E-state index is 12.7. The molecule has 3 aromatic rings. The van der Waals surface area contributed by atoms with E-state index in [0.29, 0.717) is 27.6 Å². The fourth-order valence-corrected chi connectivity index (χ4v) is 2.46. The average Bonchev–Trinajstić information content (AvgIpc) is 2.64. The quantitative estimate of drug-likeness (QED) is 0.659. The minimum Gasteiger partial charge on any atom is -0.410 e. The van der Waals surface area contributed by atoms with Gasteiger partial charge in [-0.25, -0.2) is 4.79 Å². The van der Waals surface area contributed by atoms with Crippen LogP contribution in [0.2, 0.25) is 5.02 Å². The number of nitrogens with one attached hydrogen (secondary N) is 1. The predicted octanol–water partition coefficient (Wildman–Crippen LogP) is 5.18. The van der Waals surface area contributed by atoms with Crippen LogP contribution in [0.15, 0.2) is 78.9 Å². The summed E-state index contributed by atoms with van der Waals surface area (Å²) in [6, 6.07) is 22.1. The Morgan fingerprint density at radius 1 is 0.840 bits per heavy atom. The molecule has 3 aromatic carbocycles. The van der Waals surface area contributed by atoms with E-state index in [4.69, 9.17) is 16.3 Å². The number of anilines is 1. The molecule has 0 fully saturated rings. The molecule has 0 aliphatic carbocycles. The van der Waals surface area contributed by atoms with Crippen molar-refractivity contribution in [2.24, 2.45) is 0 Å². The molecule has 0 aromatic heterocycles. The smallest absolute Gasteiger partial charge is 0.410 e. The maximum Gasteiger partial charge on any atom is 0.417 e. The Bertz CT molecular complexity index is 895. The minimum atomic E-state index is -0.685. The van der Waals surface area contributed by atoms with Gasteiger partial charge in [-0.2, -0.15) is 0 Å². The Morgan fingerprint density at radius 3 is 2.16 bits per heavy atom. The molecule has 0 unspecified atom stereocenters. The Morgan fingerprint density at radius 2 is 1.48 bits per heavy atom. The first-order chi connectivity index (χ1) is 12.1. The van der Waals surface area contributed by atoms with Crippen molar-refractivity contribution in [3.63, 3.8) is 0 Å². The van der Waals surface area contributed by atoms with Gasteiger partial charge in [-0.15, -0.1) is 0 Å². The summed E-state index contributed by atoms with van der Waals surface area (Å²) in [5.41, 5.74) is 1.13. The molecule has 3 rings (SSSR count). The van der Waals surface area contributed by atoms with Crippen molar-refractivity contribution >= 4 is 29.2 Å². The van der Waals surface area contributed by atoms with Crippen molar-refractivity contribution in [1.82, 2.24) is 0 Å². The number of carbonyl (C=O) groups excluding carboxylic acids is 2. The first-order valence-corrected chi connectivity index (χ1v) is 7.94. The van der Waals surface area contributed by atoms with Crippen molar-refractivity contribution in [1.29, 1.82) is 0 Å². The molecule has 0 radical (unpaired) electrons. The minimum absolute atomic E-state index is 0.238. The number of carbonyl (C=O) groups is 2. The van der Waals surface area contributed by atoms with Gasteiger partial charge in [0.25, 0.3) is 0 Å². The molecule has 0 heterocycles. The van der Waals surface area contributed by atoms with Crippen LogP contribution in [0.4, 0.5) is 10.5 Å².